The lowest BCUT2D eigenvalue weighted by molar-refractivity contribution is -0.137. The maximum Gasteiger partial charge on any atom is 0.416 e. The maximum absolute atomic E-state index is 13.0. The van der Waals surface area contributed by atoms with Gasteiger partial charge in [-0.3, -0.25) is 14.0 Å². The highest BCUT2D eigenvalue weighted by Crippen LogP contribution is 2.34. The van der Waals surface area contributed by atoms with E-state index in [0.29, 0.717) is 23.3 Å². The van der Waals surface area contributed by atoms with Crippen LogP contribution in [0.5, 0.6) is 0 Å². The third kappa shape index (κ3) is 3.95. The highest BCUT2D eigenvalue weighted by atomic mass is 19.4. The molecule has 0 atom stereocenters. The molecule has 0 aliphatic rings. The molecular weight excluding hydrogens is 421 g/mol. The van der Waals surface area contributed by atoms with E-state index in [2.05, 4.69) is 10.4 Å². The smallest absolute Gasteiger partial charge is 0.396 e. The Hall–Kier alpha value is -3.33. The number of aromatic nitrogens is 3. The molecule has 2 aromatic carbocycles. The van der Waals surface area contributed by atoms with Crippen molar-refractivity contribution in [3.63, 3.8) is 0 Å². The SMILES string of the molecule is Cn1cc2c3cc(C(=O)NC(C)(C)CCO)ccc3n(-c3ccc(C(F)(F)F)cc3)c2n1. The zero-order valence-electron chi connectivity index (χ0n) is 17.9. The lowest BCUT2D eigenvalue weighted by Crippen LogP contribution is -2.44. The molecule has 168 valence electrons. The van der Waals surface area contributed by atoms with E-state index in [-0.39, 0.29) is 12.5 Å². The first kappa shape index (κ1) is 21.9. The van der Waals surface area contributed by atoms with Gasteiger partial charge in [-0.1, -0.05) is 0 Å². The Morgan fingerprint density at radius 3 is 2.41 bits per heavy atom. The summed E-state index contributed by atoms with van der Waals surface area (Å²) in [6.07, 6.45) is -2.18. The Kier molecular flexibility index (Phi) is 5.24. The van der Waals surface area contributed by atoms with E-state index in [0.717, 1.165) is 28.4 Å². The Balaban J connectivity index is 1.82. The van der Waals surface area contributed by atoms with Gasteiger partial charge in [0.15, 0.2) is 5.65 Å². The molecule has 6 nitrogen and oxygen atoms in total. The van der Waals surface area contributed by atoms with E-state index in [1.54, 1.807) is 34.5 Å². The zero-order chi connectivity index (χ0) is 23.3. The molecule has 4 rings (SSSR count). The fourth-order valence-corrected chi connectivity index (χ4v) is 3.82. The van der Waals surface area contributed by atoms with Crippen LogP contribution < -0.4 is 5.32 Å². The van der Waals surface area contributed by atoms with Crippen LogP contribution >= 0.6 is 0 Å². The van der Waals surface area contributed by atoms with Gasteiger partial charge >= 0.3 is 6.18 Å². The van der Waals surface area contributed by atoms with Crippen LogP contribution in [0.25, 0.3) is 27.6 Å². The van der Waals surface area contributed by atoms with E-state index < -0.39 is 17.3 Å². The quantitative estimate of drug-likeness (QED) is 0.479. The van der Waals surface area contributed by atoms with Crippen molar-refractivity contribution in [1.82, 2.24) is 19.7 Å². The van der Waals surface area contributed by atoms with Crippen molar-refractivity contribution in [3.8, 4) is 5.69 Å². The number of amides is 1. The number of aryl methyl sites for hydroxylation is 1. The van der Waals surface area contributed by atoms with Crippen LogP contribution in [0, 0.1) is 0 Å². The average Bonchev–Trinajstić information content (AvgIpc) is 3.21. The van der Waals surface area contributed by atoms with Crippen molar-refractivity contribution in [2.75, 3.05) is 6.61 Å². The number of nitrogens with one attached hydrogen (secondary N) is 1. The second-order valence-corrected chi connectivity index (χ2v) is 8.46. The van der Waals surface area contributed by atoms with Gasteiger partial charge in [0.2, 0.25) is 0 Å². The number of aliphatic hydroxyl groups excluding tert-OH is 1. The fraction of sp³-hybridized carbons (Fsp3) is 0.304. The average molecular weight is 444 g/mol. The fourth-order valence-electron chi connectivity index (χ4n) is 3.82. The number of nitrogens with zero attached hydrogens (tertiary/aromatic N) is 3. The summed E-state index contributed by atoms with van der Waals surface area (Å²) in [5.74, 6) is -0.273. The lowest BCUT2D eigenvalue weighted by Gasteiger charge is -2.25. The topological polar surface area (TPSA) is 72.1 Å². The summed E-state index contributed by atoms with van der Waals surface area (Å²) >= 11 is 0. The monoisotopic (exact) mass is 444 g/mol. The molecule has 32 heavy (non-hydrogen) atoms. The zero-order valence-corrected chi connectivity index (χ0v) is 17.9. The van der Waals surface area contributed by atoms with E-state index >= 15 is 0 Å². The molecule has 9 heteroatoms. The van der Waals surface area contributed by atoms with Gasteiger partial charge in [0.05, 0.1) is 11.1 Å². The number of alkyl halides is 3. The maximum atomic E-state index is 13.0. The molecular formula is C23H23F3N4O2. The highest BCUT2D eigenvalue weighted by Gasteiger charge is 2.30. The van der Waals surface area contributed by atoms with Gasteiger partial charge in [0.1, 0.15) is 0 Å². The normalized spacial score (nSPS) is 12.6. The Morgan fingerprint density at radius 1 is 1.09 bits per heavy atom. The molecule has 0 aliphatic heterocycles. The van der Waals surface area contributed by atoms with Crippen LogP contribution in [0.4, 0.5) is 13.2 Å². The summed E-state index contributed by atoms with van der Waals surface area (Å²) in [4.78, 5) is 12.8. The van der Waals surface area contributed by atoms with Crippen molar-refractivity contribution in [2.45, 2.75) is 32.0 Å². The van der Waals surface area contributed by atoms with E-state index in [9.17, 15) is 23.1 Å². The van der Waals surface area contributed by atoms with Crippen molar-refractivity contribution in [1.29, 1.82) is 0 Å². The molecule has 2 aromatic heterocycles. The summed E-state index contributed by atoms with van der Waals surface area (Å²) < 4.78 is 42.4. The molecule has 2 heterocycles. The molecule has 0 spiro atoms. The van der Waals surface area contributed by atoms with Gasteiger partial charge in [0, 0.05) is 47.4 Å². The first-order chi connectivity index (χ1) is 15.0. The minimum absolute atomic E-state index is 0.0431. The van der Waals surface area contributed by atoms with Crippen molar-refractivity contribution in [2.24, 2.45) is 7.05 Å². The van der Waals surface area contributed by atoms with Gasteiger partial charge < -0.3 is 10.4 Å². The molecule has 0 radical (unpaired) electrons. The third-order valence-corrected chi connectivity index (χ3v) is 5.45. The second-order valence-electron chi connectivity index (χ2n) is 8.46. The lowest BCUT2D eigenvalue weighted by atomic mass is 10.0. The number of halogens is 3. The van der Waals surface area contributed by atoms with Crippen molar-refractivity contribution in [3.05, 3.63) is 59.8 Å². The van der Waals surface area contributed by atoms with Crippen molar-refractivity contribution < 1.29 is 23.1 Å². The number of aliphatic hydroxyl groups is 1. The molecule has 0 unspecified atom stereocenters. The number of hydrogen-bond acceptors (Lipinski definition) is 3. The van der Waals surface area contributed by atoms with Crippen LogP contribution in [0.3, 0.4) is 0 Å². The number of carbonyl (C=O) groups is 1. The van der Waals surface area contributed by atoms with Gasteiger partial charge in [-0.15, -0.1) is 0 Å². The largest absolute Gasteiger partial charge is 0.416 e. The van der Waals surface area contributed by atoms with Gasteiger partial charge in [-0.25, -0.2) is 0 Å². The van der Waals surface area contributed by atoms with Crippen molar-refractivity contribution >= 4 is 27.8 Å². The van der Waals surface area contributed by atoms with Crippen LogP contribution in [0.1, 0.15) is 36.2 Å². The Morgan fingerprint density at radius 2 is 1.78 bits per heavy atom. The summed E-state index contributed by atoms with van der Waals surface area (Å²) in [5, 5.41) is 18.1. The molecule has 0 saturated heterocycles. The summed E-state index contributed by atoms with van der Waals surface area (Å²) in [7, 11) is 1.76. The first-order valence-electron chi connectivity index (χ1n) is 10.1. The minimum atomic E-state index is -4.41. The number of carbonyl (C=O) groups excluding carboxylic acids is 1. The molecule has 0 saturated carbocycles. The molecule has 4 aromatic rings. The summed E-state index contributed by atoms with van der Waals surface area (Å²) in [6.45, 7) is 3.62. The van der Waals surface area contributed by atoms with Crippen LogP contribution in [-0.2, 0) is 13.2 Å². The van der Waals surface area contributed by atoms with Crippen LogP contribution in [-0.4, -0.2) is 37.5 Å². The molecule has 1 amide bonds. The van der Waals surface area contributed by atoms with Gasteiger partial charge in [-0.2, -0.15) is 18.3 Å². The summed E-state index contributed by atoms with van der Waals surface area (Å²) in [6, 6.07) is 10.1. The minimum Gasteiger partial charge on any atom is -0.396 e. The predicted octanol–water partition coefficient (Wildman–Crippen LogP) is 4.43. The molecule has 0 bridgehead atoms. The van der Waals surface area contributed by atoms with E-state index in [1.165, 1.54) is 12.1 Å². The number of benzene rings is 2. The number of rotatable bonds is 5. The second kappa shape index (κ2) is 7.67. The van der Waals surface area contributed by atoms with Gasteiger partial charge in [-0.05, 0) is 62.7 Å². The van der Waals surface area contributed by atoms with Crippen LogP contribution in [0.15, 0.2) is 48.7 Å². The third-order valence-electron chi connectivity index (χ3n) is 5.45. The molecule has 0 aliphatic carbocycles. The van der Waals surface area contributed by atoms with Gasteiger partial charge in [0.25, 0.3) is 5.91 Å². The molecule has 2 N–H and O–H groups in total. The predicted molar refractivity (Wildman–Crippen MR) is 116 cm³/mol. The number of hydrogen-bond donors (Lipinski definition) is 2. The van der Waals surface area contributed by atoms with Crippen LogP contribution in [0.2, 0.25) is 0 Å². The standard InChI is InChI=1S/C23H23F3N4O2/c1-22(2,10-11-31)27-21(32)14-4-9-19-17(12-14)18-13-29(3)28-20(18)30(19)16-7-5-15(6-8-16)23(24,25)26/h4-9,12-13,31H,10-11H2,1-3H3,(H,27,32). The highest BCUT2D eigenvalue weighted by molar-refractivity contribution is 6.10. The molecule has 0 fully saturated rings. The first-order valence-corrected chi connectivity index (χ1v) is 10.1. The van der Waals surface area contributed by atoms with E-state index in [1.807, 2.05) is 20.0 Å². The summed E-state index contributed by atoms with van der Waals surface area (Å²) in [5.41, 5.74) is 1.00. The Labute approximate surface area is 182 Å². The van der Waals surface area contributed by atoms with E-state index in [4.69, 9.17) is 0 Å². The Bertz CT molecular complexity index is 1300. The number of fused-ring (bicyclic) bond motifs is 3.